The van der Waals surface area contributed by atoms with Crippen LogP contribution in [0.1, 0.15) is 18.2 Å². The average Bonchev–Trinajstić information content (AvgIpc) is 2.88. The number of carbonyl (C=O) groups is 1. The molecule has 2 heterocycles. The summed E-state index contributed by atoms with van der Waals surface area (Å²) in [6.45, 7) is 0. The summed E-state index contributed by atoms with van der Waals surface area (Å²) in [5.41, 5.74) is 1.97. The average molecular weight is 243 g/mol. The molecule has 0 saturated heterocycles. The molecule has 0 fully saturated rings. The second-order valence-corrected chi connectivity index (χ2v) is 4.16. The number of methoxy groups -OCH3 is 1. The van der Waals surface area contributed by atoms with Crippen LogP contribution in [0.5, 0.6) is 5.75 Å². The molecule has 1 atom stereocenters. The third-order valence-electron chi connectivity index (χ3n) is 3.08. The monoisotopic (exact) mass is 243 g/mol. The first-order valence-corrected chi connectivity index (χ1v) is 5.79. The van der Waals surface area contributed by atoms with Crippen LogP contribution in [-0.4, -0.2) is 17.6 Å². The van der Waals surface area contributed by atoms with Gasteiger partial charge in [-0.25, -0.2) is 0 Å². The number of para-hydroxylation sites is 2. The molecule has 1 unspecified atom stereocenters. The van der Waals surface area contributed by atoms with E-state index in [0.29, 0.717) is 0 Å². The van der Waals surface area contributed by atoms with Crippen LogP contribution in [0.25, 0.3) is 5.69 Å². The van der Waals surface area contributed by atoms with E-state index in [9.17, 15) is 4.79 Å². The highest BCUT2D eigenvalue weighted by Gasteiger charge is 2.27. The van der Waals surface area contributed by atoms with Crippen LogP contribution in [0.2, 0.25) is 0 Å². The van der Waals surface area contributed by atoms with Crippen molar-refractivity contribution in [1.29, 1.82) is 0 Å². The van der Waals surface area contributed by atoms with Crippen molar-refractivity contribution >= 4 is 5.97 Å². The summed E-state index contributed by atoms with van der Waals surface area (Å²) >= 11 is 0. The summed E-state index contributed by atoms with van der Waals surface area (Å²) in [6.07, 6.45) is 1.90. The second kappa shape index (κ2) is 4.22. The number of esters is 1. The molecule has 1 aliphatic heterocycles. The third-order valence-corrected chi connectivity index (χ3v) is 3.08. The van der Waals surface area contributed by atoms with Crippen molar-refractivity contribution < 1.29 is 14.3 Å². The first-order valence-electron chi connectivity index (χ1n) is 5.79. The fraction of sp³-hybridized carbons (Fsp3) is 0.214. The summed E-state index contributed by atoms with van der Waals surface area (Å²) < 4.78 is 12.6. The largest absolute Gasteiger partial charge is 0.481 e. The highest BCUT2D eigenvalue weighted by molar-refractivity contribution is 5.70. The normalized spacial score (nSPS) is 16.4. The zero-order chi connectivity index (χ0) is 12.5. The Hall–Kier alpha value is -2.23. The first-order chi connectivity index (χ1) is 8.79. The van der Waals surface area contributed by atoms with Crippen LogP contribution in [0.4, 0.5) is 0 Å². The standard InChI is InChI=1S/C14H13NO3/c1-17-14(16)9-13-11-6-4-8-15(11)10-5-2-3-7-12(10)18-13/h2-8,13H,9H2,1H3. The van der Waals surface area contributed by atoms with Gasteiger partial charge in [0.25, 0.3) is 0 Å². The lowest BCUT2D eigenvalue weighted by molar-refractivity contribution is -0.142. The zero-order valence-electron chi connectivity index (χ0n) is 10.00. The molecule has 0 aliphatic carbocycles. The maximum absolute atomic E-state index is 11.4. The second-order valence-electron chi connectivity index (χ2n) is 4.16. The van der Waals surface area contributed by atoms with Gasteiger partial charge in [0.2, 0.25) is 0 Å². The maximum Gasteiger partial charge on any atom is 0.309 e. The Bertz CT molecular complexity index is 588. The highest BCUT2D eigenvalue weighted by Crippen LogP contribution is 2.36. The van der Waals surface area contributed by atoms with Crippen molar-refractivity contribution in [3.63, 3.8) is 0 Å². The molecule has 1 aliphatic rings. The summed E-state index contributed by atoms with van der Waals surface area (Å²) in [7, 11) is 1.39. The summed E-state index contributed by atoms with van der Waals surface area (Å²) in [5.74, 6) is 0.516. The number of benzene rings is 1. The molecule has 18 heavy (non-hydrogen) atoms. The number of carbonyl (C=O) groups excluding carboxylic acids is 1. The maximum atomic E-state index is 11.4. The molecule has 1 aromatic heterocycles. The Labute approximate surface area is 105 Å². The molecule has 0 bridgehead atoms. The summed E-state index contributed by atoms with van der Waals surface area (Å²) in [5, 5.41) is 0. The summed E-state index contributed by atoms with van der Waals surface area (Å²) in [6, 6.07) is 11.7. The van der Waals surface area contributed by atoms with Crippen molar-refractivity contribution in [1.82, 2.24) is 4.57 Å². The number of rotatable bonds is 2. The van der Waals surface area contributed by atoms with Crippen molar-refractivity contribution in [3.05, 3.63) is 48.3 Å². The topological polar surface area (TPSA) is 40.5 Å². The quantitative estimate of drug-likeness (QED) is 0.761. The molecule has 0 N–H and O–H groups in total. The Morgan fingerprint density at radius 2 is 2.17 bits per heavy atom. The van der Waals surface area contributed by atoms with E-state index in [1.807, 2.05) is 47.2 Å². The van der Waals surface area contributed by atoms with Gasteiger partial charge in [-0.2, -0.15) is 0 Å². The van der Waals surface area contributed by atoms with E-state index in [2.05, 4.69) is 0 Å². The van der Waals surface area contributed by atoms with Crippen LogP contribution in [0.15, 0.2) is 42.6 Å². The van der Waals surface area contributed by atoms with E-state index in [-0.39, 0.29) is 18.5 Å². The molecule has 2 aromatic rings. The minimum Gasteiger partial charge on any atom is -0.481 e. The molecule has 4 nitrogen and oxygen atoms in total. The number of ether oxygens (including phenoxy) is 2. The first kappa shape index (κ1) is 10.9. The molecule has 92 valence electrons. The van der Waals surface area contributed by atoms with Gasteiger partial charge in [0.1, 0.15) is 11.9 Å². The minimum absolute atomic E-state index is 0.217. The molecular weight excluding hydrogens is 230 g/mol. The van der Waals surface area contributed by atoms with Crippen molar-refractivity contribution in [2.75, 3.05) is 7.11 Å². The van der Waals surface area contributed by atoms with Gasteiger partial charge in [-0.05, 0) is 24.3 Å². The smallest absolute Gasteiger partial charge is 0.309 e. The molecule has 0 spiro atoms. The molecule has 0 radical (unpaired) electrons. The fourth-order valence-corrected chi connectivity index (χ4v) is 2.23. The molecule has 4 heteroatoms. The third kappa shape index (κ3) is 1.66. The molecule has 0 saturated carbocycles. The number of fused-ring (bicyclic) bond motifs is 3. The molecule has 3 rings (SSSR count). The Morgan fingerprint density at radius 1 is 1.33 bits per heavy atom. The van der Waals surface area contributed by atoms with Crippen LogP contribution in [-0.2, 0) is 9.53 Å². The summed E-state index contributed by atoms with van der Waals surface area (Å²) in [4.78, 5) is 11.4. The van der Waals surface area contributed by atoms with Gasteiger partial charge in [0.05, 0.1) is 24.9 Å². The van der Waals surface area contributed by atoms with E-state index in [1.54, 1.807) is 0 Å². The predicted octanol–water partition coefficient (Wildman–Crippen LogP) is 2.47. The van der Waals surface area contributed by atoms with E-state index < -0.39 is 0 Å². The van der Waals surface area contributed by atoms with Gasteiger partial charge < -0.3 is 14.0 Å². The van der Waals surface area contributed by atoms with Crippen molar-refractivity contribution in [2.24, 2.45) is 0 Å². The Kier molecular flexibility index (Phi) is 2.55. The van der Waals surface area contributed by atoms with Crippen molar-refractivity contribution in [2.45, 2.75) is 12.5 Å². The number of aromatic nitrogens is 1. The fourth-order valence-electron chi connectivity index (χ4n) is 2.23. The molecular formula is C14H13NO3. The van der Waals surface area contributed by atoms with Crippen LogP contribution in [0, 0.1) is 0 Å². The highest BCUT2D eigenvalue weighted by atomic mass is 16.5. The number of hydrogen-bond donors (Lipinski definition) is 0. The van der Waals surface area contributed by atoms with Gasteiger partial charge in [-0.15, -0.1) is 0 Å². The van der Waals surface area contributed by atoms with Gasteiger partial charge in [-0.1, -0.05) is 12.1 Å². The zero-order valence-corrected chi connectivity index (χ0v) is 10.00. The van der Waals surface area contributed by atoms with Crippen LogP contribution in [0.3, 0.4) is 0 Å². The van der Waals surface area contributed by atoms with E-state index in [4.69, 9.17) is 9.47 Å². The number of nitrogens with zero attached hydrogens (tertiary/aromatic N) is 1. The van der Waals surface area contributed by atoms with E-state index in [1.165, 1.54) is 7.11 Å². The molecule has 0 amide bonds. The predicted molar refractivity (Wildman–Crippen MR) is 65.8 cm³/mol. The van der Waals surface area contributed by atoms with Gasteiger partial charge in [0.15, 0.2) is 0 Å². The molecule has 1 aromatic carbocycles. The lowest BCUT2D eigenvalue weighted by Gasteiger charge is -2.27. The van der Waals surface area contributed by atoms with Gasteiger partial charge in [0, 0.05) is 6.20 Å². The van der Waals surface area contributed by atoms with Crippen molar-refractivity contribution in [3.8, 4) is 11.4 Å². The Morgan fingerprint density at radius 3 is 3.00 bits per heavy atom. The van der Waals surface area contributed by atoms with Crippen LogP contribution >= 0.6 is 0 Å². The van der Waals surface area contributed by atoms with Gasteiger partial charge in [-0.3, -0.25) is 4.79 Å². The minimum atomic E-state index is -0.289. The number of hydrogen-bond acceptors (Lipinski definition) is 3. The SMILES string of the molecule is COC(=O)CC1Oc2ccccc2-n2cccc21. The van der Waals surface area contributed by atoms with E-state index in [0.717, 1.165) is 17.1 Å². The van der Waals surface area contributed by atoms with Gasteiger partial charge >= 0.3 is 5.97 Å². The lowest BCUT2D eigenvalue weighted by Crippen LogP contribution is -2.21. The Balaban J connectivity index is 2.01. The van der Waals surface area contributed by atoms with E-state index >= 15 is 0 Å². The van der Waals surface area contributed by atoms with Crippen LogP contribution < -0.4 is 4.74 Å². The lowest BCUT2D eigenvalue weighted by atomic mass is 10.1.